The van der Waals surface area contributed by atoms with Crippen LogP contribution in [0.15, 0.2) is 42.5 Å². The van der Waals surface area contributed by atoms with Gasteiger partial charge in [0, 0.05) is 11.1 Å². The minimum atomic E-state index is 0.336. The first-order chi connectivity index (χ1) is 10.1. The molecule has 1 N–H and O–H groups in total. The van der Waals surface area contributed by atoms with E-state index in [1.807, 2.05) is 0 Å². The summed E-state index contributed by atoms with van der Waals surface area (Å²) < 4.78 is 0. The standard InChI is InChI=1S/C19H24ClN/c1-4-10-21-19(13-16-8-6-5-7-9-16)17-11-15(3)18(20)12-14(17)2/h5-9,11-12,19,21H,4,10,13H2,1-3H3. The minimum absolute atomic E-state index is 0.336. The van der Waals surface area contributed by atoms with E-state index in [2.05, 4.69) is 68.6 Å². The van der Waals surface area contributed by atoms with Crippen molar-refractivity contribution in [2.45, 2.75) is 39.7 Å². The molecule has 1 unspecified atom stereocenters. The van der Waals surface area contributed by atoms with Crippen LogP contribution in [0.3, 0.4) is 0 Å². The van der Waals surface area contributed by atoms with Gasteiger partial charge in [-0.05, 0) is 61.6 Å². The van der Waals surface area contributed by atoms with Gasteiger partial charge in [0.15, 0.2) is 0 Å². The maximum atomic E-state index is 6.23. The molecule has 1 atom stereocenters. The fourth-order valence-corrected chi connectivity index (χ4v) is 2.86. The molecule has 2 heteroatoms. The molecule has 0 fully saturated rings. The van der Waals surface area contributed by atoms with E-state index in [1.165, 1.54) is 16.7 Å². The largest absolute Gasteiger partial charge is 0.310 e. The van der Waals surface area contributed by atoms with Gasteiger partial charge < -0.3 is 5.32 Å². The lowest BCUT2D eigenvalue weighted by Gasteiger charge is -2.22. The van der Waals surface area contributed by atoms with Gasteiger partial charge in [-0.3, -0.25) is 0 Å². The first-order valence-corrected chi connectivity index (χ1v) is 8.03. The Bertz CT molecular complexity index is 578. The van der Waals surface area contributed by atoms with Gasteiger partial charge in [0.25, 0.3) is 0 Å². The lowest BCUT2D eigenvalue weighted by Crippen LogP contribution is -2.25. The van der Waals surface area contributed by atoms with Gasteiger partial charge in [0.2, 0.25) is 0 Å². The predicted octanol–water partition coefficient (Wildman–Crippen LogP) is 5.24. The summed E-state index contributed by atoms with van der Waals surface area (Å²) in [5.74, 6) is 0. The topological polar surface area (TPSA) is 12.0 Å². The van der Waals surface area contributed by atoms with E-state index in [1.54, 1.807) is 0 Å². The summed E-state index contributed by atoms with van der Waals surface area (Å²) >= 11 is 6.23. The van der Waals surface area contributed by atoms with E-state index in [4.69, 9.17) is 11.6 Å². The van der Waals surface area contributed by atoms with Gasteiger partial charge in [-0.2, -0.15) is 0 Å². The predicted molar refractivity (Wildman–Crippen MR) is 92.1 cm³/mol. The van der Waals surface area contributed by atoms with E-state index in [0.717, 1.165) is 30.0 Å². The van der Waals surface area contributed by atoms with Crippen LogP contribution >= 0.6 is 11.6 Å². The average Bonchev–Trinajstić information content (AvgIpc) is 2.48. The van der Waals surface area contributed by atoms with Crippen molar-refractivity contribution in [2.24, 2.45) is 0 Å². The Balaban J connectivity index is 2.29. The highest BCUT2D eigenvalue weighted by atomic mass is 35.5. The van der Waals surface area contributed by atoms with E-state index < -0.39 is 0 Å². The molecule has 1 nitrogen and oxygen atoms in total. The molecule has 0 amide bonds. The first-order valence-electron chi connectivity index (χ1n) is 7.65. The Labute approximate surface area is 133 Å². The number of aryl methyl sites for hydroxylation is 2. The molecule has 0 aliphatic carbocycles. The van der Waals surface area contributed by atoms with Crippen molar-refractivity contribution in [1.82, 2.24) is 5.32 Å². The number of halogens is 1. The molecule has 2 rings (SSSR count). The summed E-state index contributed by atoms with van der Waals surface area (Å²) in [4.78, 5) is 0. The zero-order chi connectivity index (χ0) is 15.2. The molecule has 0 aliphatic rings. The van der Waals surface area contributed by atoms with E-state index in [-0.39, 0.29) is 0 Å². The fourth-order valence-electron chi connectivity index (χ4n) is 2.64. The van der Waals surface area contributed by atoms with Crippen LogP contribution in [-0.2, 0) is 6.42 Å². The third-order valence-corrected chi connectivity index (χ3v) is 4.25. The number of nitrogens with one attached hydrogen (secondary N) is 1. The molecule has 0 spiro atoms. The summed E-state index contributed by atoms with van der Waals surface area (Å²) in [6.07, 6.45) is 2.14. The molecule has 21 heavy (non-hydrogen) atoms. The quantitative estimate of drug-likeness (QED) is 0.769. The van der Waals surface area contributed by atoms with E-state index in [9.17, 15) is 0 Å². The number of benzene rings is 2. The van der Waals surface area contributed by atoms with Crippen LogP contribution in [0.1, 0.15) is 41.6 Å². The van der Waals surface area contributed by atoms with Crippen LogP contribution in [0.5, 0.6) is 0 Å². The second kappa shape index (κ2) is 7.63. The molecule has 0 aliphatic heterocycles. The van der Waals surface area contributed by atoms with Crippen molar-refractivity contribution in [3.8, 4) is 0 Å². The third-order valence-electron chi connectivity index (χ3n) is 3.85. The van der Waals surface area contributed by atoms with Gasteiger partial charge in [-0.25, -0.2) is 0 Å². The monoisotopic (exact) mass is 301 g/mol. The van der Waals surface area contributed by atoms with Gasteiger partial charge in [0.05, 0.1) is 0 Å². The molecule has 2 aromatic carbocycles. The molecule has 2 aromatic rings. The Hall–Kier alpha value is -1.31. The molecule has 0 radical (unpaired) electrons. The van der Waals surface area contributed by atoms with E-state index >= 15 is 0 Å². The number of hydrogen-bond donors (Lipinski definition) is 1. The summed E-state index contributed by atoms with van der Waals surface area (Å²) in [6.45, 7) is 7.45. The van der Waals surface area contributed by atoms with Crippen molar-refractivity contribution in [2.75, 3.05) is 6.54 Å². The first kappa shape index (κ1) is 16.1. The van der Waals surface area contributed by atoms with Crippen LogP contribution in [0.2, 0.25) is 5.02 Å². The summed E-state index contributed by atoms with van der Waals surface area (Å²) in [5.41, 5.74) is 5.12. The third kappa shape index (κ3) is 4.33. The lowest BCUT2D eigenvalue weighted by molar-refractivity contribution is 0.527. The van der Waals surface area contributed by atoms with Crippen molar-refractivity contribution in [1.29, 1.82) is 0 Å². The van der Waals surface area contributed by atoms with Crippen LogP contribution < -0.4 is 5.32 Å². The van der Waals surface area contributed by atoms with Crippen molar-refractivity contribution >= 4 is 11.6 Å². The summed E-state index contributed by atoms with van der Waals surface area (Å²) in [7, 11) is 0. The summed E-state index contributed by atoms with van der Waals surface area (Å²) in [6, 6.07) is 15.3. The molecular weight excluding hydrogens is 278 g/mol. The fraction of sp³-hybridized carbons (Fsp3) is 0.368. The Kier molecular flexibility index (Phi) is 5.84. The number of hydrogen-bond acceptors (Lipinski definition) is 1. The SMILES string of the molecule is CCCNC(Cc1ccccc1)c1cc(C)c(Cl)cc1C. The van der Waals surface area contributed by atoms with Crippen molar-refractivity contribution in [3.63, 3.8) is 0 Å². The zero-order valence-corrected chi connectivity index (χ0v) is 13.9. The average molecular weight is 302 g/mol. The molecule has 0 aromatic heterocycles. The van der Waals surface area contributed by atoms with Gasteiger partial charge in [-0.1, -0.05) is 54.9 Å². The lowest BCUT2D eigenvalue weighted by atomic mass is 9.94. The van der Waals surface area contributed by atoms with Crippen LogP contribution in [-0.4, -0.2) is 6.54 Å². The highest BCUT2D eigenvalue weighted by Gasteiger charge is 2.15. The molecule has 0 saturated heterocycles. The highest BCUT2D eigenvalue weighted by molar-refractivity contribution is 6.31. The van der Waals surface area contributed by atoms with Crippen LogP contribution in [0, 0.1) is 13.8 Å². The van der Waals surface area contributed by atoms with Crippen molar-refractivity contribution < 1.29 is 0 Å². The van der Waals surface area contributed by atoms with Crippen LogP contribution in [0.25, 0.3) is 0 Å². The van der Waals surface area contributed by atoms with Gasteiger partial charge in [-0.15, -0.1) is 0 Å². The zero-order valence-electron chi connectivity index (χ0n) is 13.1. The normalized spacial score (nSPS) is 12.4. The maximum absolute atomic E-state index is 6.23. The van der Waals surface area contributed by atoms with Crippen molar-refractivity contribution in [3.05, 3.63) is 69.7 Å². The Morgan fingerprint density at radius 2 is 1.76 bits per heavy atom. The Morgan fingerprint density at radius 3 is 2.43 bits per heavy atom. The molecule has 0 saturated carbocycles. The second-order valence-corrected chi connectivity index (χ2v) is 6.06. The maximum Gasteiger partial charge on any atom is 0.0438 e. The summed E-state index contributed by atoms with van der Waals surface area (Å²) in [5, 5.41) is 4.53. The second-order valence-electron chi connectivity index (χ2n) is 5.65. The Morgan fingerprint density at radius 1 is 1.05 bits per heavy atom. The van der Waals surface area contributed by atoms with Gasteiger partial charge >= 0.3 is 0 Å². The van der Waals surface area contributed by atoms with E-state index in [0.29, 0.717) is 6.04 Å². The molecule has 0 heterocycles. The van der Waals surface area contributed by atoms with Gasteiger partial charge in [0.1, 0.15) is 0 Å². The molecular formula is C19H24ClN. The highest BCUT2D eigenvalue weighted by Crippen LogP contribution is 2.27. The minimum Gasteiger partial charge on any atom is -0.310 e. The van der Waals surface area contributed by atoms with Crippen LogP contribution in [0.4, 0.5) is 0 Å². The molecule has 0 bridgehead atoms. The number of rotatable bonds is 6. The smallest absolute Gasteiger partial charge is 0.0438 e. The molecule has 112 valence electrons.